The van der Waals surface area contributed by atoms with Crippen LogP contribution in [0.3, 0.4) is 0 Å². The van der Waals surface area contributed by atoms with E-state index in [2.05, 4.69) is 64.9 Å². The molecule has 254 valence electrons. The van der Waals surface area contributed by atoms with Crippen molar-refractivity contribution >= 4 is 34.2 Å². The Morgan fingerprint density at radius 2 is 1.80 bits per heavy atom. The molecular formula is C39H43N5O5. The highest BCUT2D eigenvalue weighted by Gasteiger charge is 2.45. The highest BCUT2D eigenvalue weighted by Crippen LogP contribution is 2.45. The topological polar surface area (TPSA) is 118 Å². The van der Waals surface area contributed by atoms with Crippen molar-refractivity contribution in [3.63, 3.8) is 0 Å². The third kappa shape index (κ3) is 5.91. The van der Waals surface area contributed by atoms with Crippen LogP contribution >= 0.6 is 0 Å². The van der Waals surface area contributed by atoms with E-state index in [0.717, 1.165) is 71.7 Å². The van der Waals surface area contributed by atoms with Crippen LogP contribution in [0.1, 0.15) is 63.3 Å². The molecule has 10 heteroatoms. The number of fused-ring (bicyclic) bond motifs is 3. The van der Waals surface area contributed by atoms with Gasteiger partial charge < -0.3 is 29.4 Å². The number of H-pyrrole nitrogens is 1. The number of methoxy groups -OCH3 is 1. The van der Waals surface area contributed by atoms with Gasteiger partial charge in [-0.15, -0.1) is 0 Å². The van der Waals surface area contributed by atoms with Crippen LogP contribution in [-0.2, 0) is 25.4 Å². The molecule has 1 aliphatic carbocycles. The van der Waals surface area contributed by atoms with E-state index < -0.39 is 17.9 Å². The largest absolute Gasteiger partial charge is 0.453 e. The van der Waals surface area contributed by atoms with E-state index >= 15 is 0 Å². The highest BCUT2D eigenvalue weighted by molar-refractivity contribution is 6.06. The number of nitrogens with one attached hydrogen (secondary N) is 2. The standard InChI is InChI=1S/C39H43N5O5/c1-23(2)35(43-38(46)47-3)37(45)44-16-4-5-34(44)32-20-30-29-12-10-26(19-27(29)11-13-31(30)41-32)24-6-8-25(9-7-24)33-22-40-36(42-33)28-14-15-39(21-28)48-17-18-49-39/h6-13,19,22-23,28,34-35H,4-5,14-18,20-21H2,1-3H3,(H,40,42)(H,43,46)/t28-,34-,35-/m0/s1. The first-order valence-electron chi connectivity index (χ1n) is 17.5. The Balaban J connectivity index is 0.963. The van der Waals surface area contributed by atoms with Gasteiger partial charge in [0.25, 0.3) is 0 Å². The Morgan fingerprint density at radius 1 is 1.02 bits per heavy atom. The summed E-state index contributed by atoms with van der Waals surface area (Å²) in [6.07, 6.45) is 6.60. The summed E-state index contributed by atoms with van der Waals surface area (Å²) in [5.74, 6) is 0.771. The predicted molar refractivity (Wildman–Crippen MR) is 188 cm³/mol. The fraction of sp³-hybridized carbons (Fsp3) is 0.436. The van der Waals surface area contributed by atoms with E-state index in [-0.39, 0.29) is 17.9 Å². The number of benzene rings is 3. The van der Waals surface area contributed by atoms with E-state index in [1.807, 2.05) is 24.9 Å². The summed E-state index contributed by atoms with van der Waals surface area (Å²) in [6.45, 7) is 5.88. The second-order valence-corrected chi connectivity index (χ2v) is 14.1. The quantitative estimate of drug-likeness (QED) is 0.222. The van der Waals surface area contributed by atoms with Crippen LogP contribution in [0.15, 0.2) is 65.8 Å². The average molecular weight is 662 g/mol. The van der Waals surface area contributed by atoms with Crippen molar-refractivity contribution in [2.45, 2.75) is 76.2 Å². The van der Waals surface area contributed by atoms with Crippen molar-refractivity contribution in [2.24, 2.45) is 10.9 Å². The third-order valence-electron chi connectivity index (χ3n) is 10.8. The molecule has 4 aliphatic rings. The minimum Gasteiger partial charge on any atom is -0.453 e. The molecule has 1 saturated carbocycles. The molecule has 10 nitrogen and oxygen atoms in total. The van der Waals surface area contributed by atoms with E-state index in [0.29, 0.717) is 32.1 Å². The molecule has 0 radical (unpaired) electrons. The minimum absolute atomic E-state index is 0.0686. The van der Waals surface area contributed by atoms with Gasteiger partial charge in [-0.05, 0) is 70.3 Å². The third-order valence-corrected chi connectivity index (χ3v) is 10.8. The lowest BCUT2D eigenvalue weighted by atomic mass is 9.94. The van der Waals surface area contributed by atoms with Crippen molar-refractivity contribution in [3.05, 3.63) is 72.2 Å². The molecule has 2 saturated heterocycles. The Morgan fingerprint density at radius 3 is 2.57 bits per heavy atom. The van der Waals surface area contributed by atoms with Gasteiger partial charge in [-0.1, -0.05) is 56.3 Å². The number of carbonyl (C=O) groups excluding carboxylic acids is 2. The van der Waals surface area contributed by atoms with Crippen molar-refractivity contribution in [1.29, 1.82) is 0 Å². The van der Waals surface area contributed by atoms with Crippen molar-refractivity contribution in [1.82, 2.24) is 20.2 Å². The first-order chi connectivity index (χ1) is 23.8. The second-order valence-electron chi connectivity index (χ2n) is 14.1. The molecule has 3 aliphatic heterocycles. The van der Waals surface area contributed by atoms with Crippen molar-refractivity contribution < 1.29 is 23.8 Å². The smallest absolute Gasteiger partial charge is 0.407 e. The first-order valence-corrected chi connectivity index (χ1v) is 17.5. The lowest BCUT2D eigenvalue weighted by Gasteiger charge is -2.30. The lowest BCUT2D eigenvalue weighted by Crippen LogP contribution is -2.53. The molecule has 1 spiro atoms. The van der Waals surface area contributed by atoms with Crippen LogP contribution in [0.5, 0.6) is 0 Å². The number of aromatic amines is 1. The zero-order chi connectivity index (χ0) is 33.7. The van der Waals surface area contributed by atoms with Crippen molar-refractivity contribution in [3.8, 4) is 22.4 Å². The molecule has 2 N–H and O–H groups in total. The van der Waals surface area contributed by atoms with Crippen molar-refractivity contribution in [2.75, 3.05) is 26.9 Å². The van der Waals surface area contributed by atoms with Crippen LogP contribution in [0, 0.1) is 5.92 Å². The van der Waals surface area contributed by atoms with Crippen LogP contribution in [0.25, 0.3) is 33.2 Å². The van der Waals surface area contributed by atoms with E-state index in [1.54, 1.807) is 0 Å². The van der Waals surface area contributed by atoms with Gasteiger partial charge >= 0.3 is 6.09 Å². The molecule has 0 unspecified atom stereocenters. The Labute approximate surface area is 286 Å². The average Bonchev–Trinajstić information content (AvgIpc) is 3.97. The first kappa shape index (κ1) is 31.7. The minimum atomic E-state index is -0.644. The number of nitrogens with zero attached hydrogens (tertiary/aromatic N) is 3. The molecule has 1 aromatic heterocycles. The summed E-state index contributed by atoms with van der Waals surface area (Å²) in [5, 5.41) is 5.09. The van der Waals surface area contributed by atoms with Gasteiger partial charge in [0.05, 0.1) is 43.9 Å². The molecule has 4 aromatic rings. The maximum Gasteiger partial charge on any atom is 0.407 e. The molecule has 2 amide bonds. The number of carbonyl (C=O) groups is 2. The fourth-order valence-electron chi connectivity index (χ4n) is 8.17. The summed E-state index contributed by atoms with van der Waals surface area (Å²) in [5.41, 5.74) is 7.62. The summed E-state index contributed by atoms with van der Waals surface area (Å²) in [6, 6.07) is 18.8. The number of imidazole rings is 1. The molecule has 4 heterocycles. The van der Waals surface area contributed by atoms with Gasteiger partial charge in [-0.25, -0.2) is 9.78 Å². The number of hydrogen-bond donors (Lipinski definition) is 2. The van der Waals surface area contributed by atoms with Gasteiger partial charge in [0.1, 0.15) is 11.9 Å². The zero-order valence-electron chi connectivity index (χ0n) is 28.3. The SMILES string of the molecule is COC(=O)N[C@H](C(=O)N1CCC[C@H]1C1=Nc2ccc3cc(-c4ccc(-c5cnc([C@H]6CCC7(C6)OCCO7)[nH]5)cc4)ccc3c2C1)C(C)C. The fourth-order valence-corrected chi connectivity index (χ4v) is 8.17. The number of ether oxygens (including phenoxy) is 3. The summed E-state index contributed by atoms with van der Waals surface area (Å²) >= 11 is 0. The second kappa shape index (κ2) is 12.7. The number of rotatable bonds is 7. The van der Waals surface area contributed by atoms with Gasteiger partial charge in [0.2, 0.25) is 5.91 Å². The summed E-state index contributed by atoms with van der Waals surface area (Å²) in [4.78, 5) is 40.9. The van der Waals surface area contributed by atoms with Gasteiger partial charge in [-0.3, -0.25) is 9.79 Å². The number of likely N-dealkylation sites (tertiary alicyclic amines) is 1. The number of alkyl carbamates (subject to hydrolysis) is 1. The maximum atomic E-state index is 13.7. The van der Waals surface area contributed by atoms with E-state index in [1.165, 1.54) is 23.4 Å². The molecule has 3 aromatic carbocycles. The Kier molecular flexibility index (Phi) is 8.24. The highest BCUT2D eigenvalue weighted by atomic mass is 16.7. The normalized spacial score (nSPS) is 21.8. The summed E-state index contributed by atoms with van der Waals surface area (Å²) < 4.78 is 16.6. The van der Waals surface area contributed by atoms with Gasteiger partial charge in [0, 0.05) is 37.4 Å². The van der Waals surface area contributed by atoms with E-state index in [9.17, 15) is 9.59 Å². The van der Waals surface area contributed by atoms with Gasteiger partial charge in [0.15, 0.2) is 5.79 Å². The van der Waals surface area contributed by atoms with E-state index in [4.69, 9.17) is 24.2 Å². The zero-order valence-corrected chi connectivity index (χ0v) is 28.3. The van der Waals surface area contributed by atoms with Crippen LogP contribution < -0.4 is 5.32 Å². The molecule has 0 bridgehead atoms. The summed E-state index contributed by atoms with van der Waals surface area (Å²) in [7, 11) is 1.31. The maximum absolute atomic E-state index is 13.7. The lowest BCUT2D eigenvalue weighted by molar-refractivity contribution is -0.151. The van der Waals surface area contributed by atoms with Gasteiger partial charge in [-0.2, -0.15) is 0 Å². The van der Waals surface area contributed by atoms with Crippen LogP contribution in [0.2, 0.25) is 0 Å². The van der Waals surface area contributed by atoms with Crippen LogP contribution in [-0.4, -0.2) is 77.3 Å². The molecular weight excluding hydrogens is 618 g/mol. The number of amides is 2. The molecule has 3 fully saturated rings. The number of aromatic nitrogens is 2. The Bertz CT molecular complexity index is 1930. The predicted octanol–water partition coefficient (Wildman–Crippen LogP) is 6.91. The Hall–Kier alpha value is -4.54. The van der Waals surface area contributed by atoms with Crippen LogP contribution in [0.4, 0.5) is 10.5 Å². The molecule has 3 atom stereocenters. The number of aliphatic imine (C=N–C) groups is 1. The number of hydrogen-bond acceptors (Lipinski definition) is 7. The monoisotopic (exact) mass is 661 g/mol. The molecule has 8 rings (SSSR count). The molecule has 49 heavy (non-hydrogen) atoms.